The summed E-state index contributed by atoms with van der Waals surface area (Å²) in [5, 5.41) is 11.8. The number of ether oxygens (including phenoxy) is 2. The van der Waals surface area contributed by atoms with Crippen molar-refractivity contribution in [2.75, 3.05) is 18.5 Å². The van der Waals surface area contributed by atoms with Gasteiger partial charge in [-0.1, -0.05) is 12.1 Å². The SMILES string of the molecule is CCOc1ccc(OCC(=O)Nc2cccc(CO)c2)cc1. The first-order valence-electron chi connectivity index (χ1n) is 7.06. The third-order valence-electron chi connectivity index (χ3n) is 2.90. The Labute approximate surface area is 129 Å². The third-order valence-corrected chi connectivity index (χ3v) is 2.90. The summed E-state index contributed by atoms with van der Waals surface area (Å²) in [7, 11) is 0. The number of hydrogen-bond donors (Lipinski definition) is 2. The van der Waals surface area contributed by atoms with Gasteiger partial charge in [-0.15, -0.1) is 0 Å². The molecule has 5 nitrogen and oxygen atoms in total. The molecule has 0 bridgehead atoms. The van der Waals surface area contributed by atoms with Gasteiger partial charge in [0.2, 0.25) is 0 Å². The summed E-state index contributed by atoms with van der Waals surface area (Å²) < 4.78 is 10.7. The molecular weight excluding hydrogens is 282 g/mol. The van der Waals surface area contributed by atoms with Crippen LogP contribution in [0.25, 0.3) is 0 Å². The normalized spacial score (nSPS) is 10.1. The van der Waals surface area contributed by atoms with Crippen LogP contribution in [0.4, 0.5) is 5.69 Å². The van der Waals surface area contributed by atoms with Crippen LogP contribution in [-0.4, -0.2) is 24.2 Å². The fraction of sp³-hybridized carbons (Fsp3) is 0.235. The topological polar surface area (TPSA) is 67.8 Å². The number of rotatable bonds is 7. The Morgan fingerprint density at radius 1 is 1.09 bits per heavy atom. The molecule has 2 aromatic carbocycles. The van der Waals surface area contributed by atoms with Crippen molar-refractivity contribution >= 4 is 11.6 Å². The average molecular weight is 301 g/mol. The zero-order valence-electron chi connectivity index (χ0n) is 12.4. The van der Waals surface area contributed by atoms with E-state index in [1.54, 1.807) is 48.5 Å². The smallest absolute Gasteiger partial charge is 0.262 e. The number of aliphatic hydroxyl groups is 1. The fourth-order valence-electron chi connectivity index (χ4n) is 1.89. The molecule has 1 amide bonds. The van der Waals surface area contributed by atoms with Crippen molar-refractivity contribution in [3.63, 3.8) is 0 Å². The Kier molecular flexibility index (Phi) is 5.80. The molecule has 2 N–H and O–H groups in total. The van der Waals surface area contributed by atoms with Crippen molar-refractivity contribution in [3.8, 4) is 11.5 Å². The molecule has 116 valence electrons. The highest BCUT2D eigenvalue weighted by atomic mass is 16.5. The second-order valence-electron chi connectivity index (χ2n) is 4.60. The molecule has 0 saturated heterocycles. The minimum Gasteiger partial charge on any atom is -0.494 e. The van der Waals surface area contributed by atoms with Crippen LogP contribution in [0.2, 0.25) is 0 Å². The maximum absolute atomic E-state index is 11.8. The predicted molar refractivity (Wildman–Crippen MR) is 84.1 cm³/mol. The first-order chi connectivity index (χ1) is 10.7. The number of nitrogens with one attached hydrogen (secondary N) is 1. The lowest BCUT2D eigenvalue weighted by atomic mass is 10.2. The van der Waals surface area contributed by atoms with Gasteiger partial charge in [0.05, 0.1) is 13.2 Å². The predicted octanol–water partition coefficient (Wildman–Crippen LogP) is 2.60. The van der Waals surface area contributed by atoms with Gasteiger partial charge in [0, 0.05) is 5.69 Å². The van der Waals surface area contributed by atoms with Crippen LogP contribution in [-0.2, 0) is 11.4 Å². The molecule has 0 aliphatic heterocycles. The molecule has 0 aliphatic rings. The van der Waals surface area contributed by atoms with Gasteiger partial charge in [0.15, 0.2) is 6.61 Å². The van der Waals surface area contributed by atoms with Crippen LogP contribution in [0, 0.1) is 0 Å². The summed E-state index contributed by atoms with van der Waals surface area (Å²) in [5.41, 5.74) is 1.37. The van der Waals surface area contributed by atoms with E-state index in [9.17, 15) is 4.79 Å². The Bertz CT molecular complexity index is 610. The number of carbonyl (C=O) groups excluding carboxylic acids is 1. The lowest BCUT2D eigenvalue weighted by Crippen LogP contribution is -2.20. The minimum absolute atomic E-state index is 0.0631. The van der Waals surface area contributed by atoms with Gasteiger partial charge in [-0.25, -0.2) is 0 Å². The molecule has 0 aromatic heterocycles. The molecule has 22 heavy (non-hydrogen) atoms. The van der Waals surface area contributed by atoms with E-state index in [1.165, 1.54) is 0 Å². The standard InChI is InChI=1S/C17H19NO4/c1-2-21-15-6-8-16(9-7-15)22-12-17(20)18-14-5-3-4-13(10-14)11-19/h3-10,19H,2,11-12H2,1H3,(H,18,20). The van der Waals surface area contributed by atoms with E-state index in [0.29, 0.717) is 18.0 Å². The zero-order chi connectivity index (χ0) is 15.8. The Morgan fingerprint density at radius 3 is 2.41 bits per heavy atom. The van der Waals surface area contributed by atoms with Crippen molar-refractivity contribution in [1.82, 2.24) is 0 Å². The van der Waals surface area contributed by atoms with Crippen LogP contribution in [0.5, 0.6) is 11.5 Å². The van der Waals surface area contributed by atoms with E-state index < -0.39 is 0 Å². The number of aliphatic hydroxyl groups excluding tert-OH is 1. The van der Waals surface area contributed by atoms with Crippen molar-refractivity contribution < 1.29 is 19.4 Å². The highest BCUT2D eigenvalue weighted by Gasteiger charge is 2.04. The van der Waals surface area contributed by atoms with Gasteiger partial charge < -0.3 is 19.9 Å². The minimum atomic E-state index is -0.260. The maximum Gasteiger partial charge on any atom is 0.262 e. The van der Waals surface area contributed by atoms with Crippen LogP contribution < -0.4 is 14.8 Å². The number of carbonyl (C=O) groups is 1. The van der Waals surface area contributed by atoms with Gasteiger partial charge in [-0.2, -0.15) is 0 Å². The quantitative estimate of drug-likeness (QED) is 0.825. The molecule has 0 radical (unpaired) electrons. The Morgan fingerprint density at radius 2 is 1.77 bits per heavy atom. The van der Waals surface area contributed by atoms with Crippen LogP contribution in [0.15, 0.2) is 48.5 Å². The van der Waals surface area contributed by atoms with Crippen LogP contribution in [0.3, 0.4) is 0 Å². The van der Waals surface area contributed by atoms with Crippen LogP contribution >= 0.6 is 0 Å². The summed E-state index contributed by atoms with van der Waals surface area (Å²) in [4.78, 5) is 11.8. The highest BCUT2D eigenvalue weighted by molar-refractivity contribution is 5.91. The van der Waals surface area contributed by atoms with E-state index >= 15 is 0 Å². The van der Waals surface area contributed by atoms with Gasteiger partial charge in [0.1, 0.15) is 11.5 Å². The Hall–Kier alpha value is -2.53. The molecule has 2 aromatic rings. The third kappa shape index (κ3) is 4.79. The molecule has 0 saturated carbocycles. The van der Waals surface area contributed by atoms with Crippen molar-refractivity contribution in [2.45, 2.75) is 13.5 Å². The van der Waals surface area contributed by atoms with Crippen molar-refractivity contribution in [3.05, 3.63) is 54.1 Å². The maximum atomic E-state index is 11.8. The van der Waals surface area contributed by atoms with Crippen LogP contribution in [0.1, 0.15) is 12.5 Å². The fourth-order valence-corrected chi connectivity index (χ4v) is 1.89. The zero-order valence-corrected chi connectivity index (χ0v) is 12.4. The number of anilines is 1. The monoisotopic (exact) mass is 301 g/mol. The molecule has 0 spiro atoms. The largest absolute Gasteiger partial charge is 0.494 e. The average Bonchev–Trinajstić information content (AvgIpc) is 2.55. The Balaban J connectivity index is 1.84. The highest BCUT2D eigenvalue weighted by Crippen LogP contribution is 2.17. The lowest BCUT2D eigenvalue weighted by Gasteiger charge is -2.09. The van der Waals surface area contributed by atoms with E-state index in [2.05, 4.69) is 5.32 Å². The molecule has 0 atom stereocenters. The number of benzene rings is 2. The second-order valence-corrected chi connectivity index (χ2v) is 4.60. The molecular formula is C17H19NO4. The number of amides is 1. The van der Waals surface area contributed by atoms with Gasteiger partial charge in [-0.05, 0) is 48.9 Å². The van der Waals surface area contributed by atoms with Gasteiger partial charge in [-0.3, -0.25) is 4.79 Å². The van der Waals surface area contributed by atoms with E-state index in [0.717, 1.165) is 11.3 Å². The molecule has 0 aliphatic carbocycles. The molecule has 5 heteroatoms. The van der Waals surface area contributed by atoms with E-state index in [4.69, 9.17) is 14.6 Å². The first kappa shape index (κ1) is 15.9. The van der Waals surface area contributed by atoms with Crippen molar-refractivity contribution in [1.29, 1.82) is 0 Å². The van der Waals surface area contributed by atoms with Gasteiger partial charge in [0.25, 0.3) is 5.91 Å². The van der Waals surface area contributed by atoms with E-state index in [-0.39, 0.29) is 19.1 Å². The molecule has 0 fully saturated rings. The first-order valence-corrected chi connectivity index (χ1v) is 7.06. The summed E-state index contributed by atoms with van der Waals surface area (Å²) in [6.45, 7) is 2.37. The molecule has 0 unspecified atom stereocenters. The van der Waals surface area contributed by atoms with Crippen molar-refractivity contribution in [2.24, 2.45) is 0 Å². The van der Waals surface area contributed by atoms with E-state index in [1.807, 2.05) is 6.92 Å². The number of hydrogen-bond acceptors (Lipinski definition) is 4. The lowest BCUT2D eigenvalue weighted by molar-refractivity contribution is -0.118. The summed E-state index contributed by atoms with van der Waals surface area (Å²) in [6.07, 6.45) is 0. The van der Waals surface area contributed by atoms with Gasteiger partial charge >= 0.3 is 0 Å². The summed E-state index contributed by atoms with van der Waals surface area (Å²) in [6, 6.07) is 14.1. The second kappa shape index (κ2) is 8.05. The molecule has 0 heterocycles. The summed E-state index contributed by atoms with van der Waals surface area (Å²) >= 11 is 0. The summed E-state index contributed by atoms with van der Waals surface area (Å²) in [5.74, 6) is 1.10. The molecule has 2 rings (SSSR count).